The molecule has 0 unspecified atom stereocenters. The van der Waals surface area contributed by atoms with Gasteiger partial charge in [0.05, 0.1) is 4.92 Å². The molecule has 1 fully saturated rings. The Hall–Kier alpha value is -4.52. The monoisotopic (exact) mass is 478 g/mol. The van der Waals surface area contributed by atoms with Gasteiger partial charge in [-0.2, -0.15) is 0 Å². The number of hydrogen-bond acceptors (Lipinski definition) is 11. The average Bonchev–Trinajstić information content (AvgIpc) is 3.36. The first-order valence-electron chi connectivity index (χ1n) is 10.9. The molecule has 2 aliphatic rings. The van der Waals surface area contributed by atoms with Crippen molar-refractivity contribution in [3.05, 3.63) is 70.3 Å². The first-order valence-corrected chi connectivity index (χ1v) is 10.9. The molecule has 2 aromatic heterocycles. The zero-order chi connectivity index (χ0) is 24.2. The van der Waals surface area contributed by atoms with Gasteiger partial charge in [0.15, 0.2) is 11.5 Å². The molecule has 180 valence electrons. The number of hydrazine groups is 1. The number of carbonyl (C=O) groups is 1. The van der Waals surface area contributed by atoms with Gasteiger partial charge in [-0.1, -0.05) is 12.1 Å². The third kappa shape index (κ3) is 4.89. The average molecular weight is 478 g/mol. The molecular weight excluding hydrogens is 456 g/mol. The number of nitrogens with zero attached hydrogens (tertiary/aromatic N) is 6. The molecule has 5 rings (SSSR count). The highest BCUT2D eigenvalue weighted by atomic mass is 16.7. The molecule has 0 atom stereocenters. The Morgan fingerprint density at radius 1 is 1.06 bits per heavy atom. The molecule has 1 amide bonds. The van der Waals surface area contributed by atoms with Crippen LogP contribution >= 0.6 is 0 Å². The predicted molar refractivity (Wildman–Crippen MR) is 124 cm³/mol. The van der Waals surface area contributed by atoms with E-state index in [0.29, 0.717) is 26.2 Å². The molecule has 0 saturated carbocycles. The molecule has 1 aromatic carbocycles. The molecule has 2 N–H and O–H groups in total. The zero-order valence-corrected chi connectivity index (χ0v) is 18.6. The maximum atomic E-state index is 12.3. The van der Waals surface area contributed by atoms with E-state index in [4.69, 9.17) is 9.47 Å². The fourth-order valence-electron chi connectivity index (χ4n) is 3.95. The molecule has 13 heteroatoms. The summed E-state index contributed by atoms with van der Waals surface area (Å²) in [6.07, 6.45) is 2.71. The van der Waals surface area contributed by atoms with Gasteiger partial charge in [0, 0.05) is 38.9 Å². The van der Waals surface area contributed by atoms with E-state index in [-0.39, 0.29) is 29.8 Å². The topological polar surface area (TPSA) is 148 Å². The molecule has 0 aliphatic carbocycles. The Kier molecular flexibility index (Phi) is 6.22. The summed E-state index contributed by atoms with van der Waals surface area (Å²) in [7, 11) is 0. The number of carbonyl (C=O) groups excluding carboxylic acids is 1. The van der Waals surface area contributed by atoms with Gasteiger partial charge in [0.1, 0.15) is 12.0 Å². The van der Waals surface area contributed by atoms with E-state index in [9.17, 15) is 14.9 Å². The minimum Gasteiger partial charge on any atom is -0.454 e. The van der Waals surface area contributed by atoms with E-state index in [1.165, 1.54) is 18.6 Å². The predicted octanol–water partition coefficient (Wildman–Crippen LogP) is 1.59. The van der Waals surface area contributed by atoms with Crippen LogP contribution in [-0.2, 0) is 6.54 Å². The van der Waals surface area contributed by atoms with Crippen LogP contribution in [0.15, 0.2) is 48.9 Å². The van der Waals surface area contributed by atoms with Gasteiger partial charge in [-0.25, -0.2) is 9.97 Å². The molecule has 4 heterocycles. The van der Waals surface area contributed by atoms with Crippen LogP contribution in [0, 0.1) is 10.1 Å². The standard InChI is InChI=1S/C22H22N8O5/c31-22(16-3-1-2-6-23-16)27-26-20-19(30(32)33)21(25-13-24-20)29-9-7-28(8-10-29)12-15-4-5-17-18(11-15)35-14-34-17/h1-6,11,13H,7-10,12,14H2,(H,27,31)(H,24,25,26). The summed E-state index contributed by atoms with van der Waals surface area (Å²) in [5, 5.41) is 11.9. The number of hydrogen-bond donors (Lipinski definition) is 2. The second-order valence-electron chi connectivity index (χ2n) is 7.90. The normalized spacial score (nSPS) is 15.0. The van der Waals surface area contributed by atoms with Crippen LogP contribution in [0.2, 0.25) is 0 Å². The van der Waals surface area contributed by atoms with Gasteiger partial charge in [-0.05, 0) is 29.8 Å². The van der Waals surface area contributed by atoms with Crippen molar-refractivity contribution < 1.29 is 19.2 Å². The number of fused-ring (bicyclic) bond motifs is 1. The van der Waals surface area contributed by atoms with Gasteiger partial charge < -0.3 is 14.4 Å². The minimum atomic E-state index is -0.552. The number of benzene rings is 1. The van der Waals surface area contributed by atoms with Crippen LogP contribution in [0.4, 0.5) is 17.3 Å². The van der Waals surface area contributed by atoms with E-state index in [1.54, 1.807) is 12.1 Å². The SMILES string of the molecule is O=C(NNc1ncnc(N2CCN(Cc3ccc4c(c3)OCO4)CC2)c1[N+](=O)[O-])c1ccccn1. The molecule has 0 bridgehead atoms. The summed E-state index contributed by atoms with van der Waals surface area (Å²) in [6, 6.07) is 10.8. The van der Waals surface area contributed by atoms with Crippen molar-refractivity contribution in [3.63, 3.8) is 0 Å². The van der Waals surface area contributed by atoms with Crippen LogP contribution in [0.3, 0.4) is 0 Å². The molecule has 13 nitrogen and oxygen atoms in total. The number of piperazine rings is 1. The fraction of sp³-hybridized carbons (Fsp3) is 0.273. The summed E-state index contributed by atoms with van der Waals surface area (Å²) in [4.78, 5) is 39.8. The van der Waals surface area contributed by atoms with Crippen molar-refractivity contribution in [3.8, 4) is 11.5 Å². The Balaban J connectivity index is 1.24. The minimum absolute atomic E-state index is 0.105. The molecule has 3 aromatic rings. The van der Waals surface area contributed by atoms with Gasteiger partial charge in [-0.3, -0.25) is 35.6 Å². The number of aromatic nitrogens is 3. The second kappa shape index (κ2) is 9.77. The summed E-state index contributed by atoms with van der Waals surface area (Å²) in [5.41, 5.74) is 5.90. The number of nitrogens with one attached hydrogen (secondary N) is 2. The summed E-state index contributed by atoms with van der Waals surface area (Å²) in [6.45, 7) is 3.43. The number of amides is 1. The first-order chi connectivity index (χ1) is 17.1. The summed E-state index contributed by atoms with van der Waals surface area (Å²) in [5.74, 6) is 1.04. The van der Waals surface area contributed by atoms with Crippen molar-refractivity contribution in [1.82, 2.24) is 25.3 Å². The van der Waals surface area contributed by atoms with Crippen LogP contribution in [0.25, 0.3) is 0 Å². The third-order valence-electron chi connectivity index (χ3n) is 5.69. The van der Waals surface area contributed by atoms with E-state index >= 15 is 0 Å². The Labute approximate surface area is 199 Å². The van der Waals surface area contributed by atoms with E-state index < -0.39 is 10.8 Å². The maximum Gasteiger partial charge on any atom is 0.355 e. The highest BCUT2D eigenvalue weighted by Crippen LogP contribution is 2.34. The van der Waals surface area contributed by atoms with Crippen molar-refractivity contribution in [1.29, 1.82) is 0 Å². The Morgan fingerprint density at radius 3 is 2.66 bits per heavy atom. The molecule has 1 saturated heterocycles. The van der Waals surface area contributed by atoms with Gasteiger partial charge >= 0.3 is 5.69 Å². The summed E-state index contributed by atoms with van der Waals surface area (Å²) < 4.78 is 10.8. The van der Waals surface area contributed by atoms with Gasteiger partial charge in [0.2, 0.25) is 18.4 Å². The summed E-state index contributed by atoms with van der Waals surface area (Å²) >= 11 is 0. The number of nitro groups is 1. The van der Waals surface area contributed by atoms with Crippen LogP contribution < -0.4 is 25.2 Å². The maximum absolute atomic E-state index is 12.3. The Bertz CT molecular complexity index is 1230. The Morgan fingerprint density at radius 2 is 1.89 bits per heavy atom. The lowest BCUT2D eigenvalue weighted by molar-refractivity contribution is -0.383. The molecule has 0 spiro atoms. The number of rotatable bonds is 7. The van der Waals surface area contributed by atoms with Gasteiger partial charge in [0.25, 0.3) is 5.91 Å². The third-order valence-corrected chi connectivity index (χ3v) is 5.69. The first kappa shape index (κ1) is 22.3. The number of anilines is 2. The smallest absolute Gasteiger partial charge is 0.355 e. The number of ether oxygens (including phenoxy) is 2. The lowest BCUT2D eigenvalue weighted by Gasteiger charge is -2.35. The van der Waals surface area contributed by atoms with Crippen LogP contribution in [-0.4, -0.2) is 63.7 Å². The molecule has 2 aliphatic heterocycles. The van der Waals surface area contributed by atoms with Crippen molar-refractivity contribution in [2.45, 2.75) is 6.54 Å². The largest absolute Gasteiger partial charge is 0.454 e. The van der Waals surface area contributed by atoms with Gasteiger partial charge in [-0.15, -0.1) is 0 Å². The van der Waals surface area contributed by atoms with Crippen molar-refractivity contribution in [2.24, 2.45) is 0 Å². The lowest BCUT2D eigenvalue weighted by Crippen LogP contribution is -2.46. The molecule has 35 heavy (non-hydrogen) atoms. The molecule has 0 radical (unpaired) electrons. The second-order valence-corrected chi connectivity index (χ2v) is 7.90. The fourth-order valence-corrected chi connectivity index (χ4v) is 3.95. The highest BCUT2D eigenvalue weighted by molar-refractivity contribution is 5.93. The van der Waals surface area contributed by atoms with Crippen LogP contribution in [0.5, 0.6) is 11.5 Å². The molecular formula is C22H22N8O5. The number of pyridine rings is 1. The highest BCUT2D eigenvalue weighted by Gasteiger charge is 2.30. The van der Waals surface area contributed by atoms with Crippen LogP contribution in [0.1, 0.15) is 16.1 Å². The van der Waals surface area contributed by atoms with Crippen molar-refractivity contribution >= 4 is 23.2 Å². The quantitative estimate of drug-likeness (QED) is 0.377. The zero-order valence-electron chi connectivity index (χ0n) is 18.6. The van der Waals surface area contributed by atoms with E-state index in [1.807, 2.05) is 23.1 Å². The van der Waals surface area contributed by atoms with E-state index in [0.717, 1.165) is 23.6 Å². The van der Waals surface area contributed by atoms with Crippen molar-refractivity contribution in [2.75, 3.05) is 43.3 Å². The lowest BCUT2D eigenvalue weighted by atomic mass is 10.1. The van der Waals surface area contributed by atoms with E-state index in [2.05, 4.69) is 30.7 Å².